The molecule has 1 fully saturated rings. The van der Waals surface area contributed by atoms with Gasteiger partial charge in [-0.15, -0.1) is 0 Å². The van der Waals surface area contributed by atoms with Crippen molar-refractivity contribution in [1.29, 1.82) is 0 Å². The van der Waals surface area contributed by atoms with Gasteiger partial charge in [-0.05, 0) is 73.1 Å². The second-order valence-corrected chi connectivity index (χ2v) is 10.8. The molecule has 8 heteroatoms. The minimum Gasteiger partial charge on any atom is -0.326 e. The Morgan fingerprint density at radius 3 is 2.52 bits per heavy atom. The van der Waals surface area contributed by atoms with Crippen LogP contribution in [0.4, 0.5) is 11.4 Å². The van der Waals surface area contributed by atoms with Crippen LogP contribution in [-0.4, -0.2) is 44.2 Å². The lowest BCUT2D eigenvalue weighted by molar-refractivity contribution is -0.117. The summed E-state index contributed by atoms with van der Waals surface area (Å²) in [7, 11) is -3.60. The molecule has 0 aromatic heterocycles. The lowest BCUT2D eigenvalue weighted by Gasteiger charge is -2.31. The van der Waals surface area contributed by atoms with Gasteiger partial charge in [0.05, 0.1) is 4.90 Å². The number of fused-ring (bicyclic) bond motifs is 1. The van der Waals surface area contributed by atoms with Crippen molar-refractivity contribution in [1.82, 2.24) is 4.31 Å². The third-order valence-corrected chi connectivity index (χ3v) is 8.53. The molecular weight excluding hydrogens is 438 g/mol. The molecule has 7 nitrogen and oxygen atoms in total. The zero-order chi connectivity index (χ0) is 23.6. The van der Waals surface area contributed by atoms with Gasteiger partial charge < -0.3 is 10.2 Å². The van der Waals surface area contributed by atoms with Gasteiger partial charge in [0.25, 0.3) is 0 Å². The lowest BCUT2D eigenvalue weighted by atomic mass is 9.94. The normalized spacial score (nSPS) is 17.1. The first-order chi connectivity index (χ1) is 15.8. The predicted octanol–water partition coefficient (Wildman–Crippen LogP) is 3.59. The number of benzene rings is 2. The Kier molecular flexibility index (Phi) is 6.86. The number of rotatable bonds is 6. The Balaban J connectivity index is 1.34. The summed E-state index contributed by atoms with van der Waals surface area (Å²) in [5, 5.41) is 2.97. The molecule has 1 N–H and O–H groups in total. The van der Waals surface area contributed by atoms with E-state index in [1.807, 2.05) is 24.3 Å². The summed E-state index contributed by atoms with van der Waals surface area (Å²) < 4.78 is 27.9. The minimum absolute atomic E-state index is 0.0294. The van der Waals surface area contributed by atoms with Gasteiger partial charge in [0, 0.05) is 44.4 Å². The molecule has 0 unspecified atom stereocenters. The number of amides is 2. The van der Waals surface area contributed by atoms with Crippen molar-refractivity contribution in [3.63, 3.8) is 0 Å². The molecule has 2 heterocycles. The third-order valence-electron chi connectivity index (χ3n) is 6.63. The zero-order valence-electron chi connectivity index (χ0n) is 19.2. The van der Waals surface area contributed by atoms with E-state index in [0.717, 1.165) is 23.4 Å². The van der Waals surface area contributed by atoms with Crippen LogP contribution in [-0.2, 0) is 32.5 Å². The summed E-state index contributed by atoms with van der Waals surface area (Å²) in [6, 6.07) is 12.9. The maximum Gasteiger partial charge on any atom is 0.243 e. The van der Waals surface area contributed by atoms with E-state index in [4.69, 9.17) is 0 Å². The number of nitrogens with one attached hydrogen (secondary N) is 1. The molecule has 0 aliphatic carbocycles. The molecule has 1 saturated heterocycles. The number of sulfonamides is 1. The van der Waals surface area contributed by atoms with E-state index in [0.29, 0.717) is 45.3 Å². The molecule has 176 valence electrons. The molecule has 2 aromatic rings. The topological polar surface area (TPSA) is 86.8 Å². The largest absolute Gasteiger partial charge is 0.326 e. The van der Waals surface area contributed by atoms with Crippen molar-refractivity contribution in [2.45, 2.75) is 50.8 Å². The monoisotopic (exact) mass is 469 g/mol. The summed E-state index contributed by atoms with van der Waals surface area (Å²) in [5.41, 5.74) is 3.67. The minimum atomic E-state index is -3.60. The fraction of sp³-hybridized carbons (Fsp3) is 0.440. The van der Waals surface area contributed by atoms with Gasteiger partial charge >= 0.3 is 0 Å². The molecular formula is C25H31N3O4S. The van der Waals surface area contributed by atoms with E-state index in [2.05, 4.69) is 12.2 Å². The van der Waals surface area contributed by atoms with Gasteiger partial charge in [0.1, 0.15) is 0 Å². The highest BCUT2D eigenvalue weighted by molar-refractivity contribution is 7.89. The van der Waals surface area contributed by atoms with E-state index in [1.165, 1.54) is 16.8 Å². The van der Waals surface area contributed by atoms with Gasteiger partial charge in [0.15, 0.2) is 0 Å². The van der Waals surface area contributed by atoms with Crippen molar-refractivity contribution in [3.8, 4) is 0 Å². The first-order valence-electron chi connectivity index (χ1n) is 11.6. The highest BCUT2D eigenvalue weighted by Gasteiger charge is 2.32. The van der Waals surface area contributed by atoms with Crippen molar-refractivity contribution in [2.75, 3.05) is 29.9 Å². The molecule has 0 saturated carbocycles. The summed E-state index contributed by atoms with van der Waals surface area (Å²) in [6.07, 6.45) is 3.28. The Morgan fingerprint density at radius 1 is 1.06 bits per heavy atom. The van der Waals surface area contributed by atoms with E-state index < -0.39 is 10.0 Å². The molecule has 33 heavy (non-hydrogen) atoms. The summed E-state index contributed by atoms with van der Waals surface area (Å²) >= 11 is 0. The summed E-state index contributed by atoms with van der Waals surface area (Å²) in [6.45, 7) is 4.99. The Labute approximate surface area is 195 Å². The van der Waals surface area contributed by atoms with Crippen molar-refractivity contribution in [3.05, 3.63) is 53.6 Å². The highest BCUT2D eigenvalue weighted by atomic mass is 32.2. The fourth-order valence-electron chi connectivity index (χ4n) is 4.71. The Hall–Kier alpha value is -2.71. The standard InChI is InChI=1S/C25H31N3O4S/c1-3-19-5-4-6-22(15-19)26-25(30)16-20-9-12-27(13-10-20)33(31,32)23-7-8-24-21(17-23)11-14-28(24)18(2)29/h4-8,15,17,20H,3,9-14,16H2,1-2H3,(H,26,30). The molecule has 0 bridgehead atoms. The maximum atomic E-state index is 13.2. The van der Waals surface area contributed by atoms with E-state index in [9.17, 15) is 18.0 Å². The van der Waals surface area contributed by atoms with Crippen LogP contribution in [0.25, 0.3) is 0 Å². The van der Waals surface area contributed by atoms with E-state index in [1.54, 1.807) is 23.1 Å². The van der Waals surface area contributed by atoms with Crippen molar-refractivity contribution >= 4 is 33.2 Å². The maximum absolute atomic E-state index is 13.2. The number of aryl methyl sites for hydroxylation is 1. The molecule has 0 atom stereocenters. The SMILES string of the molecule is CCc1cccc(NC(=O)CC2CCN(S(=O)(=O)c3ccc4c(c3)CCN4C(C)=O)CC2)c1. The number of anilines is 2. The number of hydrogen-bond donors (Lipinski definition) is 1. The fourth-order valence-corrected chi connectivity index (χ4v) is 6.23. The van der Waals surface area contributed by atoms with Crippen LogP contribution < -0.4 is 10.2 Å². The van der Waals surface area contributed by atoms with Crippen molar-refractivity contribution < 1.29 is 18.0 Å². The van der Waals surface area contributed by atoms with Gasteiger partial charge in [0.2, 0.25) is 21.8 Å². The zero-order valence-corrected chi connectivity index (χ0v) is 20.0. The molecule has 0 radical (unpaired) electrons. The van der Waals surface area contributed by atoms with Gasteiger partial charge in [-0.2, -0.15) is 4.31 Å². The quantitative estimate of drug-likeness (QED) is 0.701. The van der Waals surface area contributed by atoms with E-state index >= 15 is 0 Å². The van der Waals surface area contributed by atoms with Crippen LogP contribution >= 0.6 is 0 Å². The van der Waals surface area contributed by atoms with Crippen LogP contribution in [0, 0.1) is 5.92 Å². The average Bonchev–Trinajstić information content (AvgIpc) is 3.23. The van der Waals surface area contributed by atoms with Gasteiger partial charge in [-0.25, -0.2) is 8.42 Å². The second kappa shape index (κ2) is 9.65. The number of carbonyl (C=O) groups is 2. The molecule has 2 amide bonds. The van der Waals surface area contributed by atoms with Gasteiger partial charge in [-0.1, -0.05) is 19.1 Å². The van der Waals surface area contributed by atoms with Crippen molar-refractivity contribution in [2.24, 2.45) is 5.92 Å². The van der Waals surface area contributed by atoms with Crippen LogP contribution in [0.5, 0.6) is 0 Å². The average molecular weight is 470 g/mol. The number of carbonyl (C=O) groups excluding carboxylic acids is 2. The Morgan fingerprint density at radius 2 is 1.82 bits per heavy atom. The number of hydrogen-bond acceptors (Lipinski definition) is 4. The Bertz CT molecular complexity index is 1150. The summed E-state index contributed by atoms with van der Waals surface area (Å²) in [4.78, 5) is 26.2. The molecule has 2 aliphatic heterocycles. The van der Waals surface area contributed by atoms with Crippen LogP contribution in [0.3, 0.4) is 0 Å². The molecule has 0 spiro atoms. The smallest absolute Gasteiger partial charge is 0.243 e. The molecule has 2 aromatic carbocycles. The molecule has 2 aliphatic rings. The van der Waals surface area contributed by atoms with Gasteiger partial charge in [-0.3, -0.25) is 9.59 Å². The summed E-state index contributed by atoms with van der Waals surface area (Å²) in [5.74, 6) is 0.0988. The van der Waals surface area contributed by atoms with Crippen LogP contribution in [0.2, 0.25) is 0 Å². The predicted molar refractivity (Wildman–Crippen MR) is 129 cm³/mol. The third kappa shape index (κ3) is 5.12. The second-order valence-electron chi connectivity index (χ2n) is 8.86. The van der Waals surface area contributed by atoms with E-state index in [-0.39, 0.29) is 22.6 Å². The highest BCUT2D eigenvalue weighted by Crippen LogP contribution is 2.32. The molecule has 4 rings (SSSR count). The van der Waals surface area contributed by atoms with Crippen LogP contribution in [0.1, 0.15) is 44.2 Å². The van der Waals surface area contributed by atoms with Crippen LogP contribution in [0.15, 0.2) is 47.4 Å². The first-order valence-corrected chi connectivity index (χ1v) is 13.0. The first kappa shape index (κ1) is 23.4. The number of nitrogens with zero attached hydrogens (tertiary/aromatic N) is 2. The number of piperidine rings is 1. The lowest BCUT2D eigenvalue weighted by Crippen LogP contribution is -2.39.